The molecule has 2 N–H and O–H groups in total. The first-order valence-corrected chi connectivity index (χ1v) is 9.60. The van der Waals surface area contributed by atoms with Gasteiger partial charge in [-0.3, -0.25) is 4.98 Å². The summed E-state index contributed by atoms with van der Waals surface area (Å²) in [5.41, 5.74) is 3.46. The number of likely N-dealkylation sites (N-methyl/N-ethyl adjacent to an activating group) is 1. The monoisotopic (exact) mass is 374 g/mol. The Morgan fingerprint density at radius 3 is 2.82 bits per heavy atom. The summed E-state index contributed by atoms with van der Waals surface area (Å²) in [6, 6.07) is 10.0. The van der Waals surface area contributed by atoms with Gasteiger partial charge in [0.1, 0.15) is 0 Å². The van der Waals surface area contributed by atoms with Crippen molar-refractivity contribution in [2.24, 2.45) is 0 Å². The molecule has 0 radical (unpaired) electrons. The highest BCUT2D eigenvalue weighted by Gasteiger charge is 2.21. The molecule has 142 valence electrons. The zero-order valence-electron chi connectivity index (χ0n) is 15.8. The molecule has 8 nitrogen and oxygen atoms in total. The van der Waals surface area contributed by atoms with Gasteiger partial charge in [-0.1, -0.05) is 13.0 Å². The summed E-state index contributed by atoms with van der Waals surface area (Å²) in [6.45, 7) is 7.23. The molecule has 1 fully saturated rings. The van der Waals surface area contributed by atoms with Gasteiger partial charge in [0, 0.05) is 43.4 Å². The SMILES string of the molecule is CCN1CCN(c2nc(Nc3ccc4ncccc4c3)nc3[nH]cnc23)CC1. The summed E-state index contributed by atoms with van der Waals surface area (Å²) in [5.74, 6) is 1.44. The number of benzene rings is 1. The van der Waals surface area contributed by atoms with Crippen molar-refractivity contribution in [3.63, 3.8) is 0 Å². The van der Waals surface area contributed by atoms with Crippen LogP contribution < -0.4 is 10.2 Å². The zero-order valence-corrected chi connectivity index (χ0v) is 15.8. The van der Waals surface area contributed by atoms with Crippen LogP contribution in [0.4, 0.5) is 17.5 Å². The highest BCUT2D eigenvalue weighted by molar-refractivity contribution is 5.86. The van der Waals surface area contributed by atoms with Crippen LogP contribution in [-0.4, -0.2) is 62.5 Å². The third-order valence-corrected chi connectivity index (χ3v) is 5.24. The highest BCUT2D eigenvalue weighted by Crippen LogP contribution is 2.26. The number of rotatable bonds is 4. The van der Waals surface area contributed by atoms with Gasteiger partial charge in [0.15, 0.2) is 17.0 Å². The van der Waals surface area contributed by atoms with Crippen LogP contribution in [0.5, 0.6) is 0 Å². The molecule has 0 amide bonds. The average Bonchev–Trinajstić information content (AvgIpc) is 3.22. The third kappa shape index (κ3) is 3.11. The Labute approximate surface area is 162 Å². The van der Waals surface area contributed by atoms with Gasteiger partial charge in [-0.05, 0) is 30.8 Å². The van der Waals surface area contributed by atoms with Gasteiger partial charge in [-0.2, -0.15) is 9.97 Å². The quantitative estimate of drug-likeness (QED) is 0.568. The first kappa shape index (κ1) is 16.9. The number of aromatic nitrogens is 5. The van der Waals surface area contributed by atoms with E-state index >= 15 is 0 Å². The fraction of sp³-hybridized carbons (Fsp3) is 0.300. The second kappa shape index (κ2) is 7.05. The molecule has 0 saturated carbocycles. The second-order valence-electron chi connectivity index (χ2n) is 6.93. The summed E-state index contributed by atoms with van der Waals surface area (Å²) in [4.78, 5) is 26.1. The van der Waals surface area contributed by atoms with E-state index in [1.54, 1.807) is 12.5 Å². The number of fused-ring (bicyclic) bond motifs is 2. The lowest BCUT2D eigenvalue weighted by Gasteiger charge is -2.34. The third-order valence-electron chi connectivity index (χ3n) is 5.24. The Kier molecular flexibility index (Phi) is 4.25. The fourth-order valence-electron chi connectivity index (χ4n) is 3.66. The van der Waals surface area contributed by atoms with E-state index in [9.17, 15) is 0 Å². The van der Waals surface area contributed by atoms with E-state index in [-0.39, 0.29) is 0 Å². The summed E-state index contributed by atoms with van der Waals surface area (Å²) < 4.78 is 0. The Bertz CT molecular complexity index is 1110. The lowest BCUT2D eigenvalue weighted by molar-refractivity contribution is 0.271. The molecule has 3 aromatic heterocycles. The molecular formula is C20H22N8. The molecule has 1 aliphatic rings. The molecule has 1 saturated heterocycles. The largest absolute Gasteiger partial charge is 0.352 e. The molecule has 0 atom stereocenters. The Hall–Kier alpha value is -3.26. The van der Waals surface area contributed by atoms with Crippen molar-refractivity contribution >= 4 is 39.5 Å². The Morgan fingerprint density at radius 1 is 1.07 bits per heavy atom. The summed E-state index contributed by atoms with van der Waals surface area (Å²) in [5, 5.41) is 4.42. The minimum Gasteiger partial charge on any atom is -0.352 e. The molecule has 1 aliphatic heterocycles. The molecule has 28 heavy (non-hydrogen) atoms. The molecule has 1 aromatic carbocycles. The maximum absolute atomic E-state index is 4.81. The number of imidazole rings is 1. The molecule has 0 spiro atoms. The van der Waals surface area contributed by atoms with E-state index < -0.39 is 0 Å². The number of hydrogen-bond acceptors (Lipinski definition) is 7. The van der Waals surface area contributed by atoms with Crippen LogP contribution in [0.25, 0.3) is 22.1 Å². The molecule has 0 unspecified atom stereocenters. The van der Waals surface area contributed by atoms with Crippen molar-refractivity contribution < 1.29 is 0 Å². The number of H-pyrrole nitrogens is 1. The van der Waals surface area contributed by atoms with E-state index in [1.165, 1.54) is 0 Å². The lowest BCUT2D eigenvalue weighted by Crippen LogP contribution is -2.46. The van der Waals surface area contributed by atoms with Crippen LogP contribution in [0.2, 0.25) is 0 Å². The standard InChI is InChI=1S/C20H22N8/c1-2-27-8-10-28(11-9-27)19-17-18(23-13-22-17)25-20(26-19)24-15-5-6-16-14(12-15)4-3-7-21-16/h3-7,12-13H,2,8-11H2,1H3,(H2,22,23,24,25,26). The van der Waals surface area contributed by atoms with Crippen LogP contribution in [-0.2, 0) is 0 Å². The summed E-state index contributed by atoms with van der Waals surface area (Å²) in [7, 11) is 0. The van der Waals surface area contributed by atoms with Crippen LogP contribution >= 0.6 is 0 Å². The van der Waals surface area contributed by atoms with Gasteiger partial charge in [-0.15, -0.1) is 0 Å². The smallest absolute Gasteiger partial charge is 0.231 e. The number of nitrogens with one attached hydrogen (secondary N) is 2. The maximum atomic E-state index is 4.81. The molecule has 4 heterocycles. The summed E-state index contributed by atoms with van der Waals surface area (Å²) in [6.07, 6.45) is 3.48. The Morgan fingerprint density at radius 2 is 1.96 bits per heavy atom. The average molecular weight is 374 g/mol. The fourth-order valence-corrected chi connectivity index (χ4v) is 3.66. The predicted molar refractivity (Wildman–Crippen MR) is 111 cm³/mol. The van der Waals surface area contributed by atoms with Gasteiger partial charge in [0.05, 0.1) is 11.8 Å². The van der Waals surface area contributed by atoms with Crippen molar-refractivity contribution in [3.8, 4) is 0 Å². The zero-order chi connectivity index (χ0) is 18.9. The summed E-state index contributed by atoms with van der Waals surface area (Å²) >= 11 is 0. The number of nitrogens with zero attached hydrogens (tertiary/aromatic N) is 6. The van der Waals surface area contributed by atoms with E-state index in [2.05, 4.69) is 48.0 Å². The van der Waals surface area contributed by atoms with E-state index in [0.717, 1.165) is 66.3 Å². The molecule has 0 bridgehead atoms. The van der Waals surface area contributed by atoms with Gasteiger partial charge in [-0.25, -0.2) is 4.98 Å². The minimum absolute atomic E-state index is 0.563. The highest BCUT2D eigenvalue weighted by atomic mass is 15.3. The van der Waals surface area contributed by atoms with E-state index in [4.69, 9.17) is 4.98 Å². The number of pyridine rings is 1. The Balaban J connectivity index is 1.47. The van der Waals surface area contributed by atoms with Crippen LogP contribution in [0.1, 0.15) is 6.92 Å². The van der Waals surface area contributed by atoms with Crippen LogP contribution in [0.3, 0.4) is 0 Å². The number of aromatic amines is 1. The van der Waals surface area contributed by atoms with Gasteiger partial charge in [0.25, 0.3) is 0 Å². The number of hydrogen-bond donors (Lipinski definition) is 2. The number of anilines is 3. The van der Waals surface area contributed by atoms with Crippen LogP contribution in [0, 0.1) is 0 Å². The predicted octanol–water partition coefficient (Wildman–Crippen LogP) is 2.79. The number of piperazine rings is 1. The van der Waals surface area contributed by atoms with Crippen molar-refractivity contribution in [1.29, 1.82) is 0 Å². The van der Waals surface area contributed by atoms with Gasteiger partial charge in [0.2, 0.25) is 5.95 Å². The first-order valence-electron chi connectivity index (χ1n) is 9.60. The van der Waals surface area contributed by atoms with Crippen molar-refractivity contribution in [1.82, 2.24) is 29.8 Å². The molecule has 0 aliphatic carbocycles. The molecular weight excluding hydrogens is 352 g/mol. The topological polar surface area (TPSA) is 85.9 Å². The first-order chi connectivity index (χ1) is 13.8. The van der Waals surface area contributed by atoms with Gasteiger partial charge < -0.3 is 20.1 Å². The van der Waals surface area contributed by atoms with Crippen molar-refractivity contribution in [2.45, 2.75) is 6.92 Å². The molecule has 8 heteroatoms. The van der Waals surface area contributed by atoms with Crippen LogP contribution in [0.15, 0.2) is 42.9 Å². The van der Waals surface area contributed by atoms with E-state index in [0.29, 0.717) is 5.95 Å². The van der Waals surface area contributed by atoms with Crippen molar-refractivity contribution in [3.05, 3.63) is 42.9 Å². The van der Waals surface area contributed by atoms with Crippen molar-refractivity contribution in [2.75, 3.05) is 42.9 Å². The maximum Gasteiger partial charge on any atom is 0.231 e. The van der Waals surface area contributed by atoms with E-state index in [1.807, 2.05) is 24.3 Å². The molecule has 5 rings (SSSR count). The van der Waals surface area contributed by atoms with Gasteiger partial charge >= 0.3 is 0 Å². The molecule has 4 aromatic rings. The normalized spacial score (nSPS) is 15.4. The second-order valence-corrected chi connectivity index (χ2v) is 6.93. The lowest BCUT2D eigenvalue weighted by atomic mass is 10.2. The minimum atomic E-state index is 0.563.